The average Bonchev–Trinajstić information content (AvgIpc) is 2.57. The van der Waals surface area contributed by atoms with Crippen LogP contribution in [0, 0.1) is 0 Å². The van der Waals surface area contributed by atoms with Gasteiger partial charge in [-0.25, -0.2) is 4.79 Å². The smallest absolute Gasteiger partial charge is 0.344 e. The molecule has 0 radical (unpaired) electrons. The zero-order valence-corrected chi connectivity index (χ0v) is 15.2. The highest BCUT2D eigenvalue weighted by Crippen LogP contribution is 2.15. The van der Waals surface area contributed by atoms with Crippen LogP contribution < -0.4 is 15.4 Å². The van der Waals surface area contributed by atoms with E-state index in [2.05, 4.69) is 26.6 Å². The fraction of sp³-hybridized carbons (Fsp3) is 0.438. The molecular formula is C16H21BrN2O5. The number of benzene rings is 1. The summed E-state index contributed by atoms with van der Waals surface area (Å²) in [6, 6.07) is 6.25. The van der Waals surface area contributed by atoms with Crippen molar-refractivity contribution in [2.45, 2.75) is 26.3 Å². The van der Waals surface area contributed by atoms with Gasteiger partial charge in [0.25, 0.3) is 5.91 Å². The summed E-state index contributed by atoms with van der Waals surface area (Å²) in [6.07, 6.45) is 0.808. The molecule has 1 atom stereocenters. The van der Waals surface area contributed by atoms with Crippen molar-refractivity contribution >= 4 is 33.7 Å². The van der Waals surface area contributed by atoms with Crippen LogP contribution in [0.2, 0.25) is 0 Å². The first-order valence-corrected chi connectivity index (χ1v) is 8.32. The first kappa shape index (κ1) is 20.0. The second kappa shape index (κ2) is 10.6. The maximum absolute atomic E-state index is 11.6. The van der Waals surface area contributed by atoms with E-state index in [4.69, 9.17) is 9.47 Å². The minimum absolute atomic E-state index is 0.282. The Morgan fingerprint density at radius 1 is 1.17 bits per heavy atom. The number of ether oxygens (including phenoxy) is 2. The van der Waals surface area contributed by atoms with Crippen molar-refractivity contribution in [3.8, 4) is 5.75 Å². The van der Waals surface area contributed by atoms with Crippen LogP contribution in [0.25, 0.3) is 0 Å². The second-order valence-electron chi connectivity index (χ2n) is 4.98. The van der Waals surface area contributed by atoms with Crippen LogP contribution in [0.15, 0.2) is 28.7 Å². The fourth-order valence-electron chi connectivity index (χ4n) is 1.61. The predicted octanol–water partition coefficient (Wildman–Crippen LogP) is 1.40. The SMILES string of the molecule is CCCNC(=O)[C@@H](C)NC(=O)COC(=O)COc1ccc(Br)cc1. The maximum Gasteiger partial charge on any atom is 0.344 e. The van der Waals surface area contributed by atoms with Gasteiger partial charge in [0.05, 0.1) is 0 Å². The Balaban J connectivity index is 2.24. The molecule has 1 rings (SSSR count). The molecule has 0 aliphatic heterocycles. The molecule has 0 saturated heterocycles. The van der Waals surface area contributed by atoms with Gasteiger partial charge in [-0.15, -0.1) is 0 Å². The maximum atomic E-state index is 11.6. The lowest BCUT2D eigenvalue weighted by Gasteiger charge is -2.14. The summed E-state index contributed by atoms with van der Waals surface area (Å²) in [7, 11) is 0. The normalized spacial score (nSPS) is 11.3. The van der Waals surface area contributed by atoms with Crippen molar-refractivity contribution in [1.29, 1.82) is 0 Å². The average molecular weight is 401 g/mol. The van der Waals surface area contributed by atoms with Gasteiger partial charge in [-0.1, -0.05) is 22.9 Å². The van der Waals surface area contributed by atoms with Gasteiger partial charge in [0.2, 0.25) is 5.91 Å². The molecule has 8 heteroatoms. The topological polar surface area (TPSA) is 93.7 Å². The van der Waals surface area contributed by atoms with Gasteiger partial charge in [0.1, 0.15) is 11.8 Å². The lowest BCUT2D eigenvalue weighted by molar-refractivity contribution is -0.150. The molecule has 0 aromatic heterocycles. The van der Waals surface area contributed by atoms with E-state index in [1.165, 1.54) is 0 Å². The summed E-state index contributed by atoms with van der Waals surface area (Å²) >= 11 is 3.29. The largest absolute Gasteiger partial charge is 0.482 e. The summed E-state index contributed by atoms with van der Waals surface area (Å²) < 4.78 is 10.9. The van der Waals surface area contributed by atoms with E-state index < -0.39 is 24.5 Å². The molecule has 0 bridgehead atoms. The molecule has 7 nitrogen and oxygen atoms in total. The molecule has 0 fully saturated rings. The van der Waals surface area contributed by atoms with Gasteiger partial charge in [-0.3, -0.25) is 9.59 Å². The lowest BCUT2D eigenvalue weighted by atomic mass is 10.3. The highest BCUT2D eigenvalue weighted by molar-refractivity contribution is 9.10. The third-order valence-electron chi connectivity index (χ3n) is 2.85. The first-order chi connectivity index (χ1) is 11.4. The molecule has 0 spiro atoms. The van der Waals surface area contributed by atoms with Crippen LogP contribution in [0.4, 0.5) is 0 Å². The number of esters is 1. The molecule has 2 N–H and O–H groups in total. The summed E-state index contributed by atoms with van der Waals surface area (Å²) in [5.41, 5.74) is 0. The summed E-state index contributed by atoms with van der Waals surface area (Å²) in [5.74, 6) is -0.988. The molecule has 0 heterocycles. The summed E-state index contributed by atoms with van der Waals surface area (Å²) in [4.78, 5) is 34.8. The van der Waals surface area contributed by atoms with Gasteiger partial charge in [-0.2, -0.15) is 0 Å². The minimum atomic E-state index is -0.693. The second-order valence-corrected chi connectivity index (χ2v) is 5.90. The van der Waals surface area contributed by atoms with E-state index in [0.29, 0.717) is 12.3 Å². The summed E-state index contributed by atoms with van der Waals surface area (Å²) in [5, 5.41) is 5.11. The Hall–Kier alpha value is -2.09. The molecular weight excluding hydrogens is 380 g/mol. The van der Waals surface area contributed by atoms with Crippen LogP contribution in [0.5, 0.6) is 5.75 Å². The van der Waals surface area contributed by atoms with Crippen molar-refractivity contribution in [3.05, 3.63) is 28.7 Å². The zero-order chi connectivity index (χ0) is 17.9. The number of carbonyl (C=O) groups is 3. The Kier molecular flexibility index (Phi) is 8.85. The van der Waals surface area contributed by atoms with Crippen LogP contribution in [0.3, 0.4) is 0 Å². The van der Waals surface area contributed by atoms with E-state index in [-0.39, 0.29) is 12.5 Å². The highest BCUT2D eigenvalue weighted by Gasteiger charge is 2.16. The van der Waals surface area contributed by atoms with Crippen molar-refractivity contribution in [3.63, 3.8) is 0 Å². The van der Waals surface area contributed by atoms with Crippen molar-refractivity contribution in [2.75, 3.05) is 19.8 Å². The number of hydrogen-bond donors (Lipinski definition) is 2. The van der Waals surface area contributed by atoms with Gasteiger partial charge in [0, 0.05) is 11.0 Å². The van der Waals surface area contributed by atoms with Gasteiger partial charge in [-0.05, 0) is 37.6 Å². The van der Waals surface area contributed by atoms with E-state index >= 15 is 0 Å². The Bertz CT molecular complexity index is 562. The van der Waals surface area contributed by atoms with Gasteiger partial charge < -0.3 is 20.1 Å². The van der Waals surface area contributed by atoms with Crippen molar-refractivity contribution in [1.82, 2.24) is 10.6 Å². The first-order valence-electron chi connectivity index (χ1n) is 7.53. The molecule has 2 amide bonds. The fourth-order valence-corrected chi connectivity index (χ4v) is 1.88. The number of carbonyl (C=O) groups excluding carboxylic acids is 3. The number of halogens is 1. The number of nitrogens with one attached hydrogen (secondary N) is 2. The Morgan fingerprint density at radius 3 is 2.46 bits per heavy atom. The third kappa shape index (κ3) is 7.96. The molecule has 132 valence electrons. The number of amides is 2. The van der Waals surface area contributed by atoms with Crippen molar-refractivity contribution < 1.29 is 23.9 Å². The third-order valence-corrected chi connectivity index (χ3v) is 3.38. The van der Waals surface area contributed by atoms with Crippen molar-refractivity contribution in [2.24, 2.45) is 0 Å². The molecule has 24 heavy (non-hydrogen) atoms. The van der Waals surface area contributed by atoms with Crippen LogP contribution in [-0.2, 0) is 19.1 Å². The van der Waals surface area contributed by atoms with E-state index in [1.807, 2.05) is 6.92 Å². The quantitative estimate of drug-likeness (QED) is 0.611. The molecule has 0 aliphatic carbocycles. The van der Waals surface area contributed by atoms with Gasteiger partial charge >= 0.3 is 5.97 Å². The number of hydrogen-bond acceptors (Lipinski definition) is 5. The zero-order valence-electron chi connectivity index (χ0n) is 13.6. The monoisotopic (exact) mass is 400 g/mol. The lowest BCUT2D eigenvalue weighted by Crippen LogP contribution is -2.46. The van der Waals surface area contributed by atoms with E-state index in [9.17, 15) is 14.4 Å². The standard InChI is InChI=1S/C16H21BrN2O5/c1-3-8-18-16(22)11(2)19-14(20)9-24-15(21)10-23-13-6-4-12(17)5-7-13/h4-7,11H,3,8-10H2,1-2H3,(H,18,22)(H,19,20)/t11-/m1/s1. The molecule has 0 unspecified atom stereocenters. The summed E-state index contributed by atoms with van der Waals surface area (Å²) in [6.45, 7) is 3.26. The van der Waals surface area contributed by atoms with Crippen LogP contribution >= 0.6 is 15.9 Å². The van der Waals surface area contributed by atoms with E-state index in [0.717, 1.165) is 10.9 Å². The molecule has 0 aliphatic rings. The Morgan fingerprint density at radius 2 is 1.83 bits per heavy atom. The predicted molar refractivity (Wildman–Crippen MR) is 91.5 cm³/mol. The number of rotatable bonds is 9. The molecule has 1 aromatic rings. The molecule has 0 saturated carbocycles. The van der Waals surface area contributed by atoms with Crippen LogP contribution in [0.1, 0.15) is 20.3 Å². The minimum Gasteiger partial charge on any atom is -0.482 e. The highest BCUT2D eigenvalue weighted by atomic mass is 79.9. The molecule has 1 aromatic carbocycles. The Labute approximate surface area is 149 Å². The van der Waals surface area contributed by atoms with Crippen LogP contribution in [-0.4, -0.2) is 43.6 Å². The van der Waals surface area contributed by atoms with Gasteiger partial charge in [0.15, 0.2) is 13.2 Å². The van der Waals surface area contributed by atoms with E-state index in [1.54, 1.807) is 31.2 Å².